The van der Waals surface area contributed by atoms with E-state index in [-0.39, 0.29) is 6.10 Å². The number of hydrogen-bond acceptors (Lipinski definition) is 3. The van der Waals surface area contributed by atoms with Gasteiger partial charge in [0.05, 0.1) is 6.10 Å². The fourth-order valence-corrected chi connectivity index (χ4v) is 1.28. The van der Waals surface area contributed by atoms with Crippen molar-refractivity contribution in [1.29, 1.82) is 0 Å². The van der Waals surface area contributed by atoms with Crippen molar-refractivity contribution in [1.82, 2.24) is 0 Å². The lowest BCUT2D eigenvalue weighted by Gasteiger charge is -2.13. The molecule has 4 heteroatoms. The van der Waals surface area contributed by atoms with Gasteiger partial charge in [-0.1, -0.05) is 0 Å². The Bertz CT molecular complexity index is 121. The van der Waals surface area contributed by atoms with Crippen molar-refractivity contribution in [2.75, 3.05) is 13.8 Å². The smallest absolute Gasteiger partial charge is 0.312 e. The minimum atomic E-state index is -2.73. The third-order valence-corrected chi connectivity index (χ3v) is 2.20. The van der Waals surface area contributed by atoms with E-state index < -0.39 is 7.60 Å². The predicted molar refractivity (Wildman–Crippen MR) is 36.8 cm³/mol. The molecular formula is C5H13O3P. The van der Waals surface area contributed by atoms with Gasteiger partial charge in [0.2, 0.25) is 0 Å². The molecule has 0 aliphatic rings. The number of hydrogen-bond donors (Lipinski definition) is 0. The fraction of sp³-hybridized carbons (Fsp3) is 1.00. The lowest BCUT2D eigenvalue weighted by Crippen LogP contribution is -2.00. The van der Waals surface area contributed by atoms with Crippen LogP contribution in [-0.2, 0) is 13.6 Å². The van der Waals surface area contributed by atoms with E-state index in [1.807, 2.05) is 13.8 Å². The zero-order valence-electron chi connectivity index (χ0n) is 6.25. The van der Waals surface area contributed by atoms with Gasteiger partial charge in [0.1, 0.15) is 0 Å². The largest absolute Gasteiger partial charge is 0.327 e. The highest BCUT2D eigenvalue weighted by Gasteiger charge is 2.15. The van der Waals surface area contributed by atoms with E-state index in [0.29, 0.717) is 0 Å². The van der Waals surface area contributed by atoms with Gasteiger partial charge >= 0.3 is 7.60 Å². The van der Waals surface area contributed by atoms with E-state index in [1.54, 1.807) is 0 Å². The molecule has 0 spiro atoms. The van der Waals surface area contributed by atoms with Gasteiger partial charge in [-0.05, 0) is 13.8 Å². The molecule has 9 heavy (non-hydrogen) atoms. The second-order valence-electron chi connectivity index (χ2n) is 2.11. The van der Waals surface area contributed by atoms with Gasteiger partial charge in [-0.15, -0.1) is 0 Å². The van der Waals surface area contributed by atoms with Crippen molar-refractivity contribution >= 4 is 7.60 Å². The normalized spacial score (nSPS) is 17.9. The van der Waals surface area contributed by atoms with Crippen LogP contribution in [0, 0.1) is 0 Å². The minimum absolute atomic E-state index is 0.0409. The van der Waals surface area contributed by atoms with E-state index in [4.69, 9.17) is 4.52 Å². The predicted octanol–water partition coefficient (Wildman–Crippen LogP) is 1.88. The first kappa shape index (κ1) is 9.15. The lowest BCUT2D eigenvalue weighted by molar-refractivity contribution is 0.192. The fourth-order valence-electron chi connectivity index (χ4n) is 0.426. The summed E-state index contributed by atoms with van der Waals surface area (Å²) >= 11 is 0. The van der Waals surface area contributed by atoms with Crippen molar-refractivity contribution in [2.24, 2.45) is 0 Å². The molecule has 3 nitrogen and oxygen atoms in total. The van der Waals surface area contributed by atoms with Gasteiger partial charge in [-0.25, -0.2) is 0 Å². The molecule has 0 aromatic rings. The summed E-state index contributed by atoms with van der Waals surface area (Å²) in [6.45, 7) is 5.08. The van der Waals surface area contributed by atoms with Crippen molar-refractivity contribution in [2.45, 2.75) is 20.0 Å². The van der Waals surface area contributed by atoms with Gasteiger partial charge in [-0.2, -0.15) is 0 Å². The summed E-state index contributed by atoms with van der Waals surface area (Å²) in [5.74, 6) is 0. The van der Waals surface area contributed by atoms with Gasteiger partial charge in [0, 0.05) is 13.8 Å². The summed E-state index contributed by atoms with van der Waals surface area (Å²) in [4.78, 5) is 0. The first-order valence-corrected chi connectivity index (χ1v) is 4.78. The molecule has 1 atom stereocenters. The van der Waals surface area contributed by atoms with E-state index >= 15 is 0 Å². The van der Waals surface area contributed by atoms with E-state index in [0.717, 1.165) is 0 Å². The molecule has 0 aromatic carbocycles. The second-order valence-corrected chi connectivity index (χ2v) is 4.23. The van der Waals surface area contributed by atoms with Crippen LogP contribution in [-0.4, -0.2) is 19.9 Å². The highest BCUT2D eigenvalue weighted by atomic mass is 31.2. The zero-order valence-corrected chi connectivity index (χ0v) is 7.14. The summed E-state index contributed by atoms with van der Waals surface area (Å²) in [7, 11) is -1.35. The molecule has 0 rings (SSSR count). The van der Waals surface area contributed by atoms with Crippen LogP contribution in [0.25, 0.3) is 0 Å². The van der Waals surface area contributed by atoms with Gasteiger partial charge in [-0.3, -0.25) is 4.57 Å². The van der Waals surface area contributed by atoms with Crippen molar-refractivity contribution in [3.05, 3.63) is 0 Å². The van der Waals surface area contributed by atoms with Crippen LogP contribution in [0.1, 0.15) is 13.8 Å². The van der Waals surface area contributed by atoms with Crippen molar-refractivity contribution in [3.63, 3.8) is 0 Å². The maximum Gasteiger partial charge on any atom is 0.327 e. The van der Waals surface area contributed by atoms with E-state index in [2.05, 4.69) is 4.52 Å². The van der Waals surface area contributed by atoms with Crippen LogP contribution in [0.5, 0.6) is 0 Å². The highest BCUT2D eigenvalue weighted by Crippen LogP contribution is 2.43. The highest BCUT2D eigenvalue weighted by molar-refractivity contribution is 7.52. The Morgan fingerprint density at radius 1 is 1.44 bits per heavy atom. The Hall–Kier alpha value is 0.150. The molecule has 0 aromatic heterocycles. The third kappa shape index (κ3) is 4.64. The first-order valence-electron chi connectivity index (χ1n) is 2.79. The molecule has 0 amide bonds. The van der Waals surface area contributed by atoms with Crippen molar-refractivity contribution < 1.29 is 13.6 Å². The Labute approximate surface area is 55.9 Å². The zero-order chi connectivity index (χ0) is 7.49. The van der Waals surface area contributed by atoms with E-state index in [9.17, 15) is 4.57 Å². The quantitative estimate of drug-likeness (QED) is 0.579. The summed E-state index contributed by atoms with van der Waals surface area (Å²) in [5.41, 5.74) is 0. The molecule has 0 heterocycles. The summed E-state index contributed by atoms with van der Waals surface area (Å²) in [6.07, 6.45) is -0.0409. The molecule has 0 fully saturated rings. The topological polar surface area (TPSA) is 35.5 Å². The summed E-state index contributed by atoms with van der Waals surface area (Å²) in [5, 5.41) is 0. The molecule has 0 bridgehead atoms. The van der Waals surface area contributed by atoms with Crippen LogP contribution in [0.4, 0.5) is 0 Å². The molecule has 56 valence electrons. The maximum atomic E-state index is 10.9. The molecule has 0 radical (unpaired) electrons. The van der Waals surface area contributed by atoms with Crippen molar-refractivity contribution in [3.8, 4) is 0 Å². The lowest BCUT2D eigenvalue weighted by atomic mass is 10.5. The van der Waals surface area contributed by atoms with E-state index in [1.165, 1.54) is 13.8 Å². The summed E-state index contributed by atoms with van der Waals surface area (Å²) < 4.78 is 20.5. The van der Waals surface area contributed by atoms with Crippen LogP contribution in [0.15, 0.2) is 0 Å². The molecule has 0 aliphatic carbocycles. The molecular weight excluding hydrogens is 139 g/mol. The standard InChI is InChI=1S/C5H13O3P/c1-5(2)8-9(4,6)7-3/h5H,1-4H3. The third-order valence-electron chi connectivity index (χ3n) is 0.734. The monoisotopic (exact) mass is 152 g/mol. The number of rotatable bonds is 3. The Kier molecular flexibility index (Phi) is 3.41. The van der Waals surface area contributed by atoms with Gasteiger partial charge in [0.15, 0.2) is 0 Å². The minimum Gasteiger partial charge on any atom is -0.312 e. The Morgan fingerprint density at radius 3 is 2.00 bits per heavy atom. The first-order chi connectivity index (χ1) is 3.98. The molecule has 0 saturated heterocycles. The SMILES string of the molecule is COP(C)(=O)OC(C)C. The molecule has 1 unspecified atom stereocenters. The van der Waals surface area contributed by atoms with Crippen LogP contribution in [0.3, 0.4) is 0 Å². The van der Waals surface area contributed by atoms with Crippen LogP contribution >= 0.6 is 7.60 Å². The molecule has 0 saturated carbocycles. The Balaban J connectivity index is 3.73. The maximum absolute atomic E-state index is 10.9. The average Bonchev–Trinajstić information content (AvgIpc) is 1.63. The van der Waals surface area contributed by atoms with Crippen LogP contribution < -0.4 is 0 Å². The Morgan fingerprint density at radius 2 is 1.89 bits per heavy atom. The average molecular weight is 152 g/mol. The second kappa shape index (κ2) is 3.35. The summed E-state index contributed by atoms with van der Waals surface area (Å²) in [6, 6.07) is 0. The van der Waals surface area contributed by atoms with Gasteiger partial charge in [0.25, 0.3) is 0 Å². The molecule has 0 N–H and O–H groups in total. The van der Waals surface area contributed by atoms with Gasteiger partial charge < -0.3 is 9.05 Å². The van der Waals surface area contributed by atoms with Crippen LogP contribution in [0.2, 0.25) is 0 Å². The molecule has 0 aliphatic heterocycles.